The van der Waals surface area contributed by atoms with Crippen molar-refractivity contribution in [2.45, 2.75) is 31.6 Å². The minimum absolute atomic E-state index is 0.697. The number of carboxylic acids is 1. The van der Waals surface area contributed by atoms with Crippen molar-refractivity contribution in [3.05, 3.63) is 95.1 Å². The van der Waals surface area contributed by atoms with Crippen molar-refractivity contribution in [1.29, 1.82) is 0 Å². The Morgan fingerprint density at radius 2 is 1.61 bits per heavy atom. The zero-order valence-corrected chi connectivity index (χ0v) is 15.9. The van der Waals surface area contributed by atoms with Gasteiger partial charge in [-0.25, -0.2) is 0 Å². The van der Waals surface area contributed by atoms with E-state index < -0.39 is 23.7 Å². The Morgan fingerprint density at radius 1 is 0.964 bits per heavy atom. The Labute approximate surface area is 164 Å². The van der Waals surface area contributed by atoms with Gasteiger partial charge in [0, 0.05) is 11.1 Å². The number of hydrogen-bond donors (Lipinski definition) is 2. The first-order chi connectivity index (χ1) is 13.5. The third kappa shape index (κ3) is 2.65. The van der Waals surface area contributed by atoms with Gasteiger partial charge in [0.1, 0.15) is 11.6 Å². The Morgan fingerprint density at radius 3 is 2.32 bits per heavy atom. The number of fused-ring (bicyclic) bond motifs is 3. The lowest BCUT2D eigenvalue weighted by Gasteiger charge is -2.36. The molecule has 3 N–H and O–H groups in total. The maximum Gasteiger partial charge on any atom is 0.323 e. The molecule has 0 aliphatic heterocycles. The molecule has 3 aromatic rings. The minimum Gasteiger partial charge on any atom is -0.480 e. The number of aryl methyl sites for hydroxylation is 1. The van der Waals surface area contributed by atoms with Gasteiger partial charge in [-0.15, -0.1) is 0 Å². The van der Waals surface area contributed by atoms with Crippen molar-refractivity contribution in [3.63, 3.8) is 0 Å². The van der Waals surface area contributed by atoms with Crippen molar-refractivity contribution in [3.8, 4) is 11.1 Å². The van der Waals surface area contributed by atoms with Crippen molar-refractivity contribution in [2.75, 3.05) is 0 Å². The first kappa shape index (κ1) is 18.4. The van der Waals surface area contributed by atoms with Crippen LogP contribution in [0.2, 0.25) is 0 Å². The van der Waals surface area contributed by atoms with Crippen LogP contribution in [0.3, 0.4) is 0 Å². The summed E-state index contributed by atoms with van der Waals surface area (Å²) < 4.78 is 6.61. The zero-order chi connectivity index (χ0) is 19.9. The molecule has 0 saturated carbocycles. The molecule has 4 heteroatoms. The van der Waals surface area contributed by atoms with E-state index in [1.54, 1.807) is 6.92 Å². The standard InChI is InChI=1S/C24H23NO3/c1-15-9-8-14-20-21(15)18-12-6-7-13-19(18)24(20,17-10-4-3-5-11-17)28-16(2)22(25)23(26)27/h3-14,16,22H,25H2,1-2H3,(H,26,27)/t16?,22-,24?/m0/s1. The molecule has 0 heterocycles. The van der Waals surface area contributed by atoms with Crippen molar-refractivity contribution in [2.24, 2.45) is 5.73 Å². The van der Waals surface area contributed by atoms with Gasteiger partial charge in [-0.05, 0) is 36.1 Å². The highest BCUT2D eigenvalue weighted by molar-refractivity contribution is 5.84. The van der Waals surface area contributed by atoms with E-state index in [9.17, 15) is 9.90 Å². The average Bonchev–Trinajstić information content (AvgIpc) is 3.00. The minimum atomic E-state index is -1.12. The molecule has 0 amide bonds. The highest BCUT2D eigenvalue weighted by Gasteiger charge is 2.48. The van der Waals surface area contributed by atoms with Crippen LogP contribution in [0.1, 0.15) is 29.2 Å². The highest BCUT2D eigenvalue weighted by atomic mass is 16.5. The summed E-state index contributed by atoms with van der Waals surface area (Å²) in [5, 5.41) is 9.41. The van der Waals surface area contributed by atoms with E-state index >= 15 is 0 Å². The Hall–Kier alpha value is -2.95. The predicted octanol–water partition coefficient (Wildman–Crippen LogP) is 4.08. The molecule has 0 aromatic heterocycles. The molecule has 3 atom stereocenters. The van der Waals surface area contributed by atoms with Crippen LogP contribution in [0.25, 0.3) is 11.1 Å². The van der Waals surface area contributed by atoms with Gasteiger partial charge < -0.3 is 15.6 Å². The number of ether oxygens (including phenoxy) is 1. The zero-order valence-electron chi connectivity index (χ0n) is 15.9. The van der Waals surface area contributed by atoms with Crippen LogP contribution < -0.4 is 5.73 Å². The van der Waals surface area contributed by atoms with E-state index in [2.05, 4.69) is 31.2 Å². The van der Waals surface area contributed by atoms with Gasteiger partial charge in [0.05, 0.1) is 6.10 Å². The number of benzene rings is 3. The molecule has 1 aliphatic rings. The number of rotatable bonds is 5. The number of nitrogens with two attached hydrogens (primary N) is 1. The number of carboxylic acid groups (broad SMARTS) is 1. The lowest BCUT2D eigenvalue weighted by molar-refractivity contribution is -0.144. The Balaban J connectivity index is 2.02. The van der Waals surface area contributed by atoms with E-state index in [-0.39, 0.29) is 0 Å². The van der Waals surface area contributed by atoms with Gasteiger partial charge in [-0.3, -0.25) is 4.79 Å². The number of hydrogen-bond acceptors (Lipinski definition) is 3. The summed E-state index contributed by atoms with van der Waals surface area (Å²) in [7, 11) is 0. The van der Waals surface area contributed by atoms with E-state index in [0.29, 0.717) is 0 Å². The van der Waals surface area contributed by atoms with Crippen molar-refractivity contribution >= 4 is 5.97 Å². The summed E-state index contributed by atoms with van der Waals surface area (Å²) in [6.45, 7) is 3.81. The molecule has 28 heavy (non-hydrogen) atoms. The summed E-state index contributed by atoms with van der Waals surface area (Å²) in [5.74, 6) is -1.08. The third-order valence-electron chi connectivity index (χ3n) is 5.56. The number of aliphatic carboxylic acids is 1. The second-order valence-electron chi connectivity index (χ2n) is 7.28. The normalized spacial score (nSPS) is 19.5. The van der Waals surface area contributed by atoms with E-state index in [0.717, 1.165) is 33.4 Å². The summed E-state index contributed by atoms with van der Waals surface area (Å²) in [6.07, 6.45) is -0.697. The van der Waals surface area contributed by atoms with Crippen molar-refractivity contribution < 1.29 is 14.6 Å². The van der Waals surface area contributed by atoms with Crippen LogP contribution >= 0.6 is 0 Å². The fourth-order valence-corrected chi connectivity index (χ4v) is 4.20. The molecule has 142 valence electrons. The first-order valence-corrected chi connectivity index (χ1v) is 9.38. The van der Waals surface area contributed by atoms with Gasteiger partial charge in [0.25, 0.3) is 0 Å². The van der Waals surface area contributed by atoms with Crippen LogP contribution in [0, 0.1) is 6.92 Å². The maximum atomic E-state index is 11.5. The van der Waals surface area contributed by atoms with E-state index in [1.165, 1.54) is 0 Å². The molecule has 0 saturated heterocycles. The molecular formula is C24H23NO3. The smallest absolute Gasteiger partial charge is 0.323 e. The molecule has 0 fully saturated rings. The quantitative estimate of drug-likeness (QED) is 0.707. The largest absolute Gasteiger partial charge is 0.480 e. The number of carbonyl (C=O) groups is 1. The summed E-state index contributed by atoms with van der Waals surface area (Å²) in [4.78, 5) is 11.5. The Kier molecular flexibility index (Phi) is 4.53. The van der Waals surface area contributed by atoms with E-state index in [4.69, 9.17) is 10.5 Å². The van der Waals surface area contributed by atoms with Crippen LogP contribution in [-0.4, -0.2) is 23.2 Å². The monoisotopic (exact) mass is 373 g/mol. The summed E-state index contributed by atoms with van der Waals surface area (Å²) in [6, 6.07) is 23.1. The average molecular weight is 373 g/mol. The fourth-order valence-electron chi connectivity index (χ4n) is 4.20. The second-order valence-corrected chi connectivity index (χ2v) is 7.28. The summed E-state index contributed by atoms with van der Waals surface area (Å²) in [5.41, 5.74) is 11.4. The molecular weight excluding hydrogens is 350 g/mol. The second kappa shape index (κ2) is 6.89. The molecule has 4 nitrogen and oxygen atoms in total. The summed E-state index contributed by atoms with van der Waals surface area (Å²) >= 11 is 0. The van der Waals surface area contributed by atoms with Crippen LogP contribution in [-0.2, 0) is 15.1 Å². The lowest BCUT2D eigenvalue weighted by Crippen LogP contribution is -2.46. The SMILES string of the molecule is Cc1cccc2c1-c1ccccc1C2(OC(C)[C@H](N)C(=O)O)c1ccccc1. The Bertz CT molecular complexity index is 1030. The molecule has 0 bridgehead atoms. The topological polar surface area (TPSA) is 72.5 Å². The fraction of sp³-hybridized carbons (Fsp3) is 0.208. The van der Waals surface area contributed by atoms with Crippen LogP contribution in [0.4, 0.5) is 0 Å². The molecule has 3 aromatic carbocycles. The predicted molar refractivity (Wildman–Crippen MR) is 109 cm³/mol. The highest BCUT2D eigenvalue weighted by Crippen LogP contribution is 2.54. The molecule has 0 spiro atoms. The van der Waals surface area contributed by atoms with E-state index in [1.807, 2.05) is 48.5 Å². The maximum absolute atomic E-state index is 11.5. The molecule has 0 radical (unpaired) electrons. The van der Waals surface area contributed by atoms with Gasteiger partial charge in [0.15, 0.2) is 0 Å². The van der Waals surface area contributed by atoms with Gasteiger partial charge in [-0.1, -0.05) is 72.8 Å². The molecule has 1 aliphatic carbocycles. The van der Waals surface area contributed by atoms with Crippen LogP contribution in [0.5, 0.6) is 0 Å². The van der Waals surface area contributed by atoms with Gasteiger partial charge in [0.2, 0.25) is 0 Å². The first-order valence-electron chi connectivity index (χ1n) is 9.38. The van der Waals surface area contributed by atoms with Crippen LogP contribution in [0.15, 0.2) is 72.8 Å². The molecule has 2 unspecified atom stereocenters. The lowest BCUT2D eigenvalue weighted by atomic mass is 9.83. The third-order valence-corrected chi connectivity index (χ3v) is 5.56. The van der Waals surface area contributed by atoms with Gasteiger partial charge >= 0.3 is 5.97 Å². The van der Waals surface area contributed by atoms with Crippen molar-refractivity contribution in [1.82, 2.24) is 0 Å². The molecule has 4 rings (SSSR count). The van der Waals surface area contributed by atoms with Gasteiger partial charge in [-0.2, -0.15) is 0 Å².